The van der Waals surface area contributed by atoms with Gasteiger partial charge in [-0.25, -0.2) is 4.79 Å². The minimum absolute atomic E-state index is 0.0000238. The van der Waals surface area contributed by atoms with Gasteiger partial charge in [0.25, 0.3) is 11.8 Å². The third kappa shape index (κ3) is 4.02. The Labute approximate surface area is 201 Å². The van der Waals surface area contributed by atoms with E-state index >= 15 is 0 Å². The monoisotopic (exact) mass is 473 g/mol. The molecule has 0 aromatic heterocycles. The lowest BCUT2D eigenvalue weighted by Gasteiger charge is -2.36. The summed E-state index contributed by atoms with van der Waals surface area (Å²) in [6.45, 7) is 0. The van der Waals surface area contributed by atoms with Crippen molar-refractivity contribution >= 4 is 17.8 Å². The molecule has 1 unspecified atom stereocenters. The van der Waals surface area contributed by atoms with Crippen molar-refractivity contribution in [3.63, 3.8) is 0 Å². The normalized spacial score (nSPS) is 18.5. The Bertz CT molecular complexity index is 1300. The van der Waals surface area contributed by atoms with Crippen molar-refractivity contribution < 1.29 is 33.8 Å². The Morgan fingerprint density at radius 3 is 2.37 bits per heavy atom. The number of ether oxygens (including phenoxy) is 2. The summed E-state index contributed by atoms with van der Waals surface area (Å²) >= 11 is 0. The third-order valence-electron chi connectivity index (χ3n) is 6.26. The summed E-state index contributed by atoms with van der Waals surface area (Å²) in [5.74, 6) is 0.00530. The molecule has 0 saturated carbocycles. The molecule has 0 bridgehead atoms. The van der Waals surface area contributed by atoms with Gasteiger partial charge in [-0.15, -0.1) is 5.06 Å². The van der Waals surface area contributed by atoms with Gasteiger partial charge in [-0.2, -0.15) is 0 Å². The molecule has 178 valence electrons. The highest BCUT2D eigenvalue weighted by atomic mass is 16.7. The average Bonchev–Trinajstić information content (AvgIpc) is 3.19. The smallest absolute Gasteiger partial charge is 0.333 e. The maximum atomic E-state index is 12.1. The second-order valence-electron chi connectivity index (χ2n) is 8.41. The van der Waals surface area contributed by atoms with E-state index < -0.39 is 23.4 Å². The van der Waals surface area contributed by atoms with Gasteiger partial charge in [0, 0.05) is 30.0 Å². The summed E-state index contributed by atoms with van der Waals surface area (Å²) in [6, 6.07) is 19.9. The van der Waals surface area contributed by atoms with Crippen molar-refractivity contribution in [3.05, 3.63) is 89.0 Å². The highest BCUT2D eigenvalue weighted by molar-refractivity contribution is 6.01. The molecule has 1 N–H and O–H groups in total. The van der Waals surface area contributed by atoms with Gasteiger partial charge in [-0.05, 0) is 35.7 Å². The van der Waals surface area contributed by atoms with E-state index in [1.54, 1.807) is 31.4 Å². The van der Waals surface area contributed by atoms with Crippen LogP contribution in [-0.2, 0) is 31.2 Å². The van der Waals surface area contributed by atoms with E-state index in [9.17, 15) is 19.5 Å². The number of fused-ring (bicyclic) bond motifs is 2. The molecule has 0 spiro atoms. The maximum Gasteiger partial charge on any atom is 0.333 e. The van der Waals surface area contributed by atoms with Gasteiger partial charge in [-0.3, -0.25) is 9.59 Å². The molecule has 35 heavy (non-hydrogen) atoms. The lowest BCUT2D eigenvalue weighted by atomic mass is 9.78. The standard InChI is InChI=1S/C27H23NO7/c1-33-19-11-12-21-23(16-19)34-22-5-3-2-4-20(22)27(21,32)18-9-6-17(7-10-18)8-15-26(31)35-28-24(29)13-14-25(28)30/h2-7,9-12,16,32H,8,13-15H2,1H3. The summed E-state index contributed by atoms with van der Waals surface area (Å²) in [6.07, 6.45) is 0.461. The number of rotatable bonds is 6. The first-order chi connectivity index (χ1) is 16.9. The molecule has 2 heterocycles. The SMILES string of the molecule is COc1ccc2c(c1)Oc1ccccc1C2(O)c1ccc(CCC(=O)ON2C(=O)CCC2=O)cc1. The lowest BCUT2D eigenvalue weighted by molar-refractivity contribution is -0.197. The lowest BCUT2D eigenvalue weighted by Crippen LogP contribution is -2.32. The Hall–Kier alpha value is -4.17. The van der Waals surface area contributed by atoms with Crippen molar-refractivity contribution in [3.8, 4) is 17.2 Å². The number of hydroxylamine groups is 2. The van der Waals surface area contributed by atoms with Gasteiger partial charge >= 0.3 is 5.97 Å². The zero-order chi connectivity index (χ0) is 24.6. The second kappa shape index (κ2) is 8.88. The van der Waals surface area contributed by atoms with Gasteiger partial charge in [0.15, 0.2) is 0 Å². The van der Waals surface area contributed by atoms with Crippen molar-refractivity contribution in [2.75, 3.05) is 7.11 Å². The molecule has 0 radical (unpaired) electrons. The number of nitrogens with zero attached hydrogens (tertiary/aromatic N) is 1. The number of carbonyl (C=O) groups is 3. The number of hydrogen-bond donors (Lipinski definition) is 1. The Balaban J connectivity index is 1.38. The van der Waals surface area contributed by atoms with E-state index in [-0.39, 0.29) is 19.3 Å². The maximum absolute atomic E-state index is 12.1. The number of hydrogen-bond acceptors (Lipinski definition) is 7. The molecule has 3 aromatic rings. The second-order valence-corrected chi connectivity index (χ2v) is 8.41. The summed E-state index contributed by atoms with van der Waals surface area (Å²) in [4.78, 5) is 40.3. The van der Waals surface area contributed by atoms with E-state index in [1.807, 2.05) is 42.5 Å². The summed E-state index contributed by atoms with van der Waals surface area (Å²) < 4.78 is 11.4. The summed E-state index contributed by atoms with van der Waals surface area (Å²) in [5.41, 5.74) is 1.23. The van der Waals surface area contributed by atoms with Crippen LogP contribution in [0.1, 0.15) is 41.5 Å². The molecule has 2 aliphatic rings. The van der Waals surface area contributed by atoms with Crippen LogP contribution in [0.2, 0.25) is 0 Å². The summed E-state index contributed by atoms with van der Waals surface area (Å²) in [5, 5.41) is 12.6. The largest absolute Gasteiger partial charge is 0.497 e. The van der Waals surface area contributed by atoms with Crippen LogP contribution in [0.15, 0.2) is 66.7 Å². The minimum Gasteiger partial charge on any atom is -0.497 e. The number of imide groups is 1. The van der Waals surface area contributed by atoms with Crippen LogP contribution in [0.5, 0.6) is 17.2 Å². The summed E-state index contributed by atoms with van der Waals surface area (Å²) in [7, 11) is 1.57. The highest BCUT2D eigenvalue weighted by Gasteiger charge is 2.42. The molecule has 1 saturated heterocycles. The molecular formula is C27H23NO7. The first-order valence-electron chi connectivity index (χ1n) is 11.2. The van der Waals surface area contributed by atoms with Crippen molar-refractivity contribution in [2.24, 2.45) is 0 Å². The fourth-order valence-corrected chi connectivity index (χ4v) is 4.41. The molecule has 5 rings (SSSR count). The molecule has 3 aromatic carbocycles. The molecule has 2 aliphatic heterocycles. The number of amides is 2. The molecule has 8 nitrogen and oxygen atoms in total. The van der Waals surface area contributed by atoms with E-state index in [2.05, 4.69) is 0 Å². The topological polar surface area (TPSA) is 102 Å². The van der Waals surface area contributed by atoms with E-state index in [0.29, 0.717) is 45.4 Å². The zero-order valence-electron chi connectivity index (χ0n) is 19.0. The quantitative estimate of drug-likeness (QED) is 0.546. The molecule has 1 fully saturated rings. The number of aliphatic hydroxyl groups is 1. The van der Waals surface area contributed by atoms with Crippen molar-refractivity contribution in [2.45, 2.75) is 31.3 Å². The predicted octanol–water partition coefficient (Wildman–Crippen LogP) is 3.62. The fraction of sp³-hybridized carbons (Fsp3) is 0.222. The van der Waals surface area contributed by atoms with Crippen LogP contribution in [0.25, 0.3) is 0 Å². The molecule has 8 heteroatoms. The van der Waals surface area contributed by atoms with Crippen LogP contribution >= 0.6 is 0 Å². The first-order valence-corrected chi connectivity index (χ1v) is 11.2. The van der Waals surface area contributed by atoms with Crippen LogP contribution in [0, 0.1) is 0 Å². The number of aryl methyl sites for hydroxylation is 1. The van der Waals surface area contributed by atoms with Crippen LogP contribution in [0.4, 0.5) is 0 Å². The Kier molecular flexibility index (Phi) is 5.74. The number of para-hydroxylation sites is 1. The van der Waals surface area contributed by atoms with E-state index in [1.165, 1.54) is 0 Å². The Morgan fingerprint density at radius 1 is 0.971 bits per heavy atom. The number of benzene rings is 3. The van der Waals surface area contributed by atoms with Gasteiger partial charge in [0.1, 0.15) is 22.8 Å². The average molecular weight is 473 g/mol. The van der Waals surface area contributed by atoms with Gasteiger partial charge < -0.3 is 19.4 Å². The van der Waals surface area contributed by atoms with E-state index in [4.69, 9.17) is 14.3 Å². The number of carbonyl (C=O) groups excluding carboxylic acids is 3. The van der Waals surface area contributed by atoms with Crippen molar-refractivity contribution in [1.82, 2.24) is 5.06 Å². The molecular weight excluding hydrogens is 450 g/mol. The first kappa shape index (κ1) is 22.6. The minimum atomic E-state index is -1.45. The highest BCUT2D eigenvalue weighted by Crippen LogP contribution is 2.50. The third-order valence-corrected chi connectivity index (χ3v) is 6.26. The molecule has 0 aliphatic carbocycles. The molecule has 1 atom stereocenters. The van der Waals surface area contributed by atoms with Crippen LogP contribution in [-0.4, -0.2) is 35.1 Å². The number of methoxy groups -OCH3 is 1. The fourth-order valence-electron chi connectivity index (χ4n) is 4.41. The zero-order valence-corrected chi connectivity index (χ0v) is 19.0. The van der Waals surface area contributed by atoms with Crippen LogP contribution in [0.3, 0.4) is 0 Å². The Morgan fingerprint density at radius 2 is 1.66 bits per heavy atom. The van der Waals surface area contributed by atoms with Crippen LogP contribution < -0.4 is 9.47 Å². The van der Waals surface area contributed by atoms with Gasteiger partial charge in [0.2, 0.25) is 0 Å². The molecule has 2 amide bonds. The predicted molar refractivity (Wildman–Crippen MR) is 124 cm³/mol. The van der Waals surface area contributed by atoms with Gasteiger partial charge in [0.05, 0.1) is 13.5 Å². The van der Waals surface area contributed by atoms with Gasteiger partial charge in [-0.1, -0.05) is 42.5 Å². The van der Waals surface area contributed by atoms with Crippen molar-refractivity contribution in [1.29, 1.82) is 0 Å². The van der Waals surface area contributed by atoms with E-state index in [0.717, 1.165) is 5.56 Å².